The van der Waals surface area contributed by atoms with E-state index in [1.165, 1.54) is 0 Å². The molecule has 12 heavy (non-hydrogen) atoms. The molecule has 1 N–H and O–H groups in total. The molecule has 0 aromatic heterocycles. The number of carboxylic acid groups (broad SMARTS) is 1. The summed E-state index contributed by atoms with van der Waals surface area (Å²) in [7, 11) is 1.71. The lowest BCUT2D eigenvalue weighted by atomic mass is 10.2. The van der Waals surface area contributed by atoms with Crippen molar-refractivity contribution in [3.63, 3.8) is 0 Å². The van der Waals surface area contributed by atoms with Crippen LogP contribution in [0.5, 0.6) is 0 Å². The average Bonchev–Trinajstić information content (AvgIpc) is 2.02. The van der Waals surface area contributed by atoms with Gasteiger partial charge in [-0.15, -0.1) is 0 Å². The van der Waals surface area contributed by atoms with Crippen molar-refractivity contribution >= 4 is 11.9 Å². The molecule has 0 aliphatic carbocycles. The Balaban J connectivity index is 3.50. The molecule has 0 aromatic rings. The molecule has 0 saturated carbocycles. The summed E-state index contributed by atoms with van der Waals surface area (Å²) >= 11 is 0. The van der Waals surface area contributed by atoms with Crippen LogP contribution >= 0.6 is 0 Å². The highest BCUT2D eigenvalue weighted by atomic mass is 16.4. The molecule has 0 atom stereocenters. The highest BCUT2D eigenvalue weighted by Gasteiger charge is 2.06. The van der Waals surface area contributed by atoms with E-state index in [1.54, 1.807) is 11.9 Å². The van der Waals surface area contributed by atoms with E-state index in [0.717, 1.165) is 0 Å². The van der Waals surface area contributed by atoms with Crippen LogP contribution in [0.3, 0.4) is 0 Å². The van der Waals surface area contributed by atoms with Crippen LogP contribution in [0.4, 0.5) is 0 Å². The average molecular weight is 173 g/mol. The fraction of sp³-hybridized carbons (Fsp3) is 0.750. The number of carboxylic acids is 1. The van der Waals surface area contributed by atoms with E-state index in [0.29, 0.717) is 19.4 Å². The number of carbonyl (C=O) groups is 2. The maximum atomic E-state index is 11.1. The third-order valence-electron chi connectivity index (χ3n) is 1.68. The summed E-state index contributed by atoms with van der Waals surface area (Å²) in [5.41, 5.74) is 0. The third kappa shape index (κ3) is 4.71. The minimum absolute atomic E-state index is 0.0127. The molecule has 0 bridgehead atoms. The molecule has 0 spiro atoms. The Morgan fingerprint density at radius 3 is 2.33 bits per heavy atom. The highest BCUT2D eigenvalue weighted by Crippen LogP contribution is 1.98. The summed E-state index contributed by atoms with van der Waals surface area (Å²) in [6, 6.07) is 0. The van der Waals surface area contributed by atoms with Crippen molar-refractivity contribution in [1.82, 2.24) is 4.90 Å². The maximum absolute atomic E-state index is 11.1. The summed E-state index contributed by atoms with van der Waals surface area (Å²) in [5.74, 6) is -0.833. The Morgan fingerprint density at radius 2 is 1.92 bits per heavy atom. The van der Waals surface area contributed by atoms with Crippen LogP contribution in [0.25, 0.3) is 0 Å². The van der Waals surface area contributed by atoms with Gasteiger partial charge in [-0.05, 0) is 13.3 Å². The van der Waals surface area contributed by atoms with E-state index in [9.17, 15) is 9.59 Å². The molecule has 0 aromatic carbocycles. The SMILES string of the molecule is CCN(C)C(=O)CCCC(=O)O. The lowest BCUT2D eigenvalue weighted by Crippen LogP contribution is -2.25. The Hall–Kier alpha value is -1.06. The zero-order chi connectivity index (χ0) is 9.56. The van der Waals surface area contributed by atoms with Gasteiger partial charge in [-0.25, -0.2) is 0 Å². The standard InChI is InChI=1S/C8H15NO3/c1-3-9(2)7(10)5-4-6-8(11)12/h3-6H2,1-2H3,(H,11,12). The lowest BCUT2D eigenvalue weighted by Gasteiger charge is -2.13. The molecule has 0 radical (unpaired) electrons. The minimum Gasteiger partial charge on any atom is -0.481 e. The summed E-state index contributed by atoms with van der Waals surface area (Å²) in [6.07, 6.45) is 0.832. The first kappa shape index (κ1) is 10.9. The molecule has 4 nitrogen and oxygen atoms in total. The second kappa shape index (κ2) is 5.57. The van der Waals surface area contributed by atoms with Crippen LogP contribution in [0, 0.1) is 0 Å². The first-order chi connectivity index (χ1) is 5.57. The summed E-state index contributed by atoms with van der Waals surface area (Å²) in [4.78, 5) is 22.8. The number of aliphatic carboxylic acids is 1. The molecule has 0 fully saturated rings. The smallest absolute Gasteiger partial charge is 0.303 e. The molecule has 0 aliphatic heterocycles. The number of hydrogen-bond acceptors (Lipinski definition) is 2. The highest BCUT2D eigenvalue weighted by molar-refractivity contribution is 5.76. The Labute approximate surface area is 72.2 Å². The molecule has 4 heteroatoms. The molecular formula is C8H15NO3. The van der Waals surface area contributed by atoms with Gasteiger partial charge in [-0.1, -0.05) is 0 Å². The molecule has 0 heterocycles. The Kier molecular flexibility index (Phi) is 5.08. The van der Waals surface area contributed by atoms with Gasteiger partial charge < -0.3 is 10.0 Å². The summed E-state index contributed by atoms with van der Waals surface area (Å²) < 4.78 is 0. The lowest BCUT2D eigenvalue weighted by molar-refractivity contribution is -0.137. The number of amides is 1. The molecule has 0 saturated heterocycles. The van der Waals surface area contributed by atoms with Gasteiger partial charge in [0.2, 0.25) is 5.91 Å². The van der Waals surface area contributed by atoms with Crippen LogP contribution < -0.4 is 0 Å². The van der Waals surface area contributed by atoms with Crippen molar-refractivity contribution in [1.29, 1.82) is 0 Å². The molecule has 0 aliphatic rings. The zero-order valence-electron chi connectivity index (χ0n) is 7.54. The summed E-state index contributed by atoms with van der Waals surface area (Å²) in [6.45, 7) is 2.56. The van der Waals surface area contributed by atoms with E-state index in [-0.39, 0.29) is 12.3 Å². The van der Waals surface area contributed by atoms with Crippen LogP contribution in [-0.4, -0.2) is 35.5 Å². The van der Waals surface area contributed by atoms with E-state index >= 15 is 0 Å². The number of carbonyl (C=O) groups excluding carboxylic acids is 1. The van der Waals surface area contributed by atoms with Crippen LogP contribution in [0.2, 0.25) is 0 Å². The number of nitrogens with zero attached hydrogens (tertiary/aromatic N) is 1. The van der Waals surface area contributed by atoms with Gasteiger partial charge in [-0.3, -0.25) is 9.59 Å². The van der Waals surface area contributed by atoms with Gasteiger partial charge >= 0.3 is 5.97 Å². The van der Waals surface area contributed by atoms with Crippen LogP contribution in [0.1, 0.15) is 26.2 Å². The fourth-order valence-electron chi connectivity index (χ4n) is 0.758. The van der Waals surface area contributed by atoms with Crippen LogP contribution in [-0.2, 0) is 9.59 Å². The first-order valence-corrected chi connectivity index (χ1v) is 4.03. The monoisotopic (exact) mass is 173 g/mol. The molecule has 0 unspecified atom stereocenters. The fourth-order valence-corrected chi connectivity index (χ4v) is 0.758. The van der Waals surface area contributed by atoms with Crippen LogP contribution in [0.15, 0.2) is 0 Å². The predicted octanol–water partition coefficient (Wildman–Crippen LogP) is 0.720. The van der Waals surface area contributed by atoms with E-state index in [1.807, 2.05) is 6.92 Å². The van der Waals surface area contributed by atoms with Crippen molar-refractivity contribution in [3.8, 4) is 0 Å². The molecule has 70 valence electrons. The van der Waals surface area contributed by atoms with Crippen molar-refractivity contribution in [2.45, 2.75) is 26.2 Å². The third-order valence-corrected chi connectivity index (χ3v) is 1.68. The van der Waals surface area contributed by atoms with E-state index < -0.39 is 5.97 Å². The maximum Gasteiger partial charge on any atom is 0.303 e. The van der Waals surface area contributed by atoms with Gasteiger partial charge in [0, 0.05) is 26.4 Å². The number of rotatable bonds is 5. The topological polar surface area (TPSA) is 57.6 Å². The van der Waals surface area contributed by atoms with Crippen molar-refractivity contribution in [2.75, 3.05) is 13.6 Å². The largest absolute Gasteiger partial charge is 0.481 e. The predicted molar refractivity (Wildman–Crippen MR) is 44.8 cm³/mol. The normalized spacial score (nSPS) is 9.50. The minimum atomic E-state index is -0.845. The van der Waals surface area contributed by atoms with Crippen molar-refractivity contribution < 1.29 is 14.7 Å². The van der Waals surface area contributed by atoms with Crippen molar-refractivity contribution in [2.24, 2.45) is 0 Å². The van der Waals surface area contributed by atoms with Gasteiger partial charge in [0.25, 0.3) is 0 Å². The van der Waals surface area contributed by atoms with Gasteiger partial charge in [0.15, 0.2) is 0 Å². The zero-order valence-corrected chi connectivity index (χ0v) is 7.54. The van der Waals surface area contributed by atoms with Crippen molar-refractivity contribution in [3.05, 3.63) is 0 Å². The molecule has 0 rings (SSSR count). The Bertz CT molecular complexity index is 168. The quantitative estimate of drug-likeness (QED) is 0.666. The van der Waals surface area contributed by atoms with E-state index in [2.05, 4.69) is 0 Å². The summed E-state index contributed by atoms with van der Waals surface area (Å²) in [5, 5.41) is 8.30. The van der Waals surface area contributed by atoms with Gasteiger partial charge in [0.05, 0.1) is 0 Å². The first-order valence-electron chi connectivity index (χ1n) is 4.03. The Morgan fingerprint density at radius 1 is 1.33 bits per heavy atom. The molecule has 1 amide bonds. The second-order valence-electron chi connectivity index (χ2n) is 2.66. The van der Waals surface area contributed by atoms with Gasteiger partial charge in [-0.2, -0.15) is 0 Å². The van der Waals surface area contributed by atoms with E-state index in [4.69, 9.17) is 5.11 Å². The van der Waals surface area contributed by atoms with Gasteiger partial charge in [0.1, 0.15) is 0 Å². The number of hydrogen-bond donors (Lipinski definition) is 1. The molecular weight excluding hydrogens is 158 g/mol. The second-order valence-corrected chi connectivity index (χ2v) is 2.66.